The van der Waals surface area contributed by atoms with Crippen molar-refractivity contribution in [1.82, 2.24) is 0 Å². The molecular formula is C69H110O37. The lowest BCUT2D eigenvalue weighted by atomic mass is 9.33. The van der Waals surface area contributed by atoms with E-state index in [0.717, 1.165) is 5.57 Å². The van der Waals surface area contributed by atoms with Gasteiger partial charge >= 0.3 is 11.9 Å². The summed E-state index contributed by atoms with van der Waals surface area (Å²) in [5.41, 5.74) is -5.02. The van der Waals surface area contributed by atoms with Crippen molar-refractivity contribution in [3.63, 3.8) is 0 Å². The van der Waals surface area contributed by atoms with E-state index in [2.05, 4.69) is 33.8 Å². The summed E-state index contributed by atoms with van der Waals surface area (Å²) in [6.45, 7) is 8.97. The minimum atomic E-state index is -2.12. The van der Waals surface area contributed by atoms with E-state index in [1.807, 2.05) is 6.92 Å². The van der Waals surface area contributed by atoms with Gasteiger partial charge in [-0.25, -0.2) is 0 Å². The molecule has 0 aromatic carbocycles. The first-order valence-corrected chi connectivity index (χ1v) is 36.7. The topological polar surface area (TPSA) is 588 Å². The maximum Gasteiger partial charge on any atom is 0.315 e. The van der Waals surface area contributed by atoms with Crippen LogP contribution in [0.2, 0.25) is 0 Å². The third-order valence-electron chi connectivity index (χ3n) is 26.6. The molecule has 11 fully saturated rings. The molecule has 106 heavy (non-hydrogen) atoms. The van der Waals surface area contributed by atoms with Crippen LogP contribution in [0.5, 0.6) is 0 Å². The number of fused-ring (bicyclic) bond motifs is 7. The van der Waals surface area contributed by atoms with E-state index in [-0.39, 0.29) is 30.6 Å². The summed E-state index contributed by atoms with van der Waals surface area (Å²) >= 11 is 0. The average molecular weight is 1530 g/mol. The van der Waals surface area contributed by atoms with Crippen molar-refractivity contribution in [2.24, 2.45) is 50.2 Å². The maximum atomic E-state index is 15.7. The first-order valence-electron chi connectivity index (χ1n) is 36.7. The molecule has 42 atom stereocenters. The fourth-order valence-corrected chi connectivity index (χ4v) is 20.1. The lowest BCUT2D eigenvalue weighted by Crippen LogP contribution is -2.71. The minimum absolute atomic E-state index is 0.0775. The number of hydrogen-bond acceptors (Lipinski definition) is 36. The zero-order chi connectivity index (χ0) is 77.3. The van der Waals surface area contributed by atoms with Crippen LogP contribution in [0.1, 0.15) is 106 Å². The molecule has 608 valence electrons. The molecule has 12 rings (SSSR count). The maximum absolute atomic E-state index is 15.7. The van der Waals surface area contributed by atoms with Crippen molar-refractivity contribution in [2.75, 3.05) is 39.6 Å². The van der Waals surface area contributed by atoms with E-state index < -0.39 is 299 Å². The molecule has 0 aromatic heterocycles. The Bertz CT molecular complexity index is 3060. The van der Waals surface area contributed by atoms with Gasteiger partial charge in [0, 0.05) is 0 Å². The van der Waals surface area contributed by atoms with Crippen LogP contribution in [0.3, 0.4) is 0 Å². The predicted molar refractivity (Wildman–Crippen MR) is 345 cm³/mol. The van der Waals surface area contributed by atoms with Crippen LogP contribution in [0.4, 0.5) is 0 Å². The number of carboxylic acids is 1. The number of aliphatic hydroxyl groups is 20. The van der Waals surface area contributed by atoms with Gasteiger partial charge in [0.2, 0.25) is 6.29 Å². The standard InChI is InChI=1S/C69H110O37/c1-24-49(100-55-45(86)36(77)28(74)21-93-55)50(101-56-46(87)37(78)29(75)22-94-56)48(89)58(96-24)102-51-38(79)30(76)23-95-59(51)106-63(92)69-14-12-64(2,3)16-26(69)25-8-9-34-65(4)17-27(73)54(68(7,62(90)91)35(65)10-11-67(34,6)66(25,5)13-15-69)105-61-53(44(85)41(82)33(20-72)99-61)104-60-52(43(84)40(81)32(19-71)98-60)103-57-47(88)42(83)39(80)31(18-70)97-57/h8,24,26-61,70-89H,9-23H2,1-7H3,(H,90,91)/t24-,26-,27-,28+,29-,30-,31+,32+,33+,34?,35?,36-,37-,38-,39+,40+,41+,42-,43-,44-,45+,46+,47+,48+,49-,50-,51+,52+,53+,54-,55-,56-,57-,58-,59-,60-,61-,65+,66+,67+,68-,69-/m0/s1. The number of hydrogen-bond donors (Lipinski definition) is 21. The van der Waals surface area contributed by atoms with E-state index in [1.54, 1.807) is 0 Å². The molecule has 0 aromatic rings. The third-order valence-corrected chi connectivity index (χ3v) is 26.6. The van der Waals surface area contributed by atoms with Gasteiger partial charge in [0.15, 0.2) is 43.8 Å². The predicted octanol–water partition coefficient (Wildman–Crippen LogP) is -7.58. The summed E-state index contributed by atoms with van der Waals surface area (Å²) in [5, 5.41) is 231. The highest BCUT2D eigenvalue weighted by Gasteiger charge is 2.74. The molecule has 2 unspecified atom stereocenters. The Labute approximate surface area is 609 Å². The number of carbonyl (C=O) groups is 2. The first kappa shape index (κ1) is 82.8. The molecule has 7 aliphatic heterocycles. The smallest absolute Gasteiger partial charge is 0.315 e. The van der Waals surface area contributed by atoms with Gasteiger partial charge in [-0.05, 0) is 111 Å². The van der Waals surface area contributed by atoms with E-state index >= 15 is 4.79 Å². The van der Waals surface area contributed by atoms with Crippen LogP contribution in [-0.2, 0) is 75.9 Å². The summed E-state index contributed by atoms with van der Waals surface area (Å²) < 4.78 is 84.1. The van der Waals surface area contributed by atoms with Crippen LogP contribution < -0.4 is 0 Å². The van der Waals surface area contributed by atoms with Crippen molar-refractivity contribution in [3.05, 3.63) is 11.6 Å². The van der Waals surface area contributed by atoms with E-state index in [0.29, 0.717) is 38.5 Å². The SMILES string of the molecule is C[C@@H]1O[C@@H](O[C@H]2[C@H](OC(=O)[C@]34CCC(C)(C)C[C@H]3C3=CCC5[C@@]6(C)C[C@H](O)[C@H](O[C@@H]7O[C@H](CO)[C@@H](O)[C@H](O)[C@H]7O[C@@H]7O[C@H](CO)[C@@H](O)[C@H](O)[C@H]7O[C@@H]7O[C@H](CO)[C@@H](O)[C@H](O)[C@H]7O)[C@@](C)(C(=O)O)C6CC[C@@]5(C)[C@]3(C)CC4)OC[C@H](O)[C@@H]2O)[C@H](O)[C@H](O[C@@H]2OC[C@H](O)[C@H](O)[C@H]2O)[C@H]1O[C@@H]1OC[C@@H](O)[C@H](O)[C@H]1O. The zero-order valence-corrected chi connectivity index (χ0v) is 60.0. The van der Waals surface area contributed by atoms with Gasteiger partial charge < -0.3 is 174 Å². The summed E-state index contributed by atoms with van der Waals surface area (Å²) in [6.07, 6.45) is -56.4. The molecule has 7 saturated heterocycles. The number of ether oxygens (including phenoxy) is 14. The van der Waals surface area contributed by atoms with E-state index in [1.165, 1.54) is 13.8 Å². The van der Waals surface area contributed by atoms with Gasteiger partial charge in [0.05, 0.1) is 62.7 Å². The molecule has 0 spiro atoms. The fourth-order valence-electron chi connectivity index (χ4n) is 20.1. The highest BCUT2D eigenvalue weighted by atomic mass is 16.8. The quantitative estimate of drug-likeness (QED) is 0.0344. The molecule has 12 aliphatic rings. The highest BCUT2D eigenvalue weighted by Crippen LogP contribution is 2.76. The van der Waals surface area contributed by atoms with Gasteiger partial charge in [-0.2, -0.15) is 0 Å². The monoisotopic (exact) mass is 1530 g/mol. The highest BCUT2D eigenvalue weighted by molar-refractivity contribution is 5.79. The molecule has 37 heteroatoms. The summed E-state index contributed by atoms with van der Waals surface area (Å²) in [6, 6.07) is 0. The number of carboxylic acid groups (broad SMARTS) is 1. The Morgan fingerprint density at radius 1 is 0.443 bits per heavy atom. The Hall–Kier alpha value is -2.64. The zero-order valence-electron chi connectivity index (χ0n) is 60.0. The molecule has 0 radical (unpaired) electrons. The van der Waals surface area contributed by atoms with Crippen LogP contribution in [0.15, 0.2) is 11.6 Å². The largest absolute Gasteiger partial charge is 0.481 e. The van der Waals surface area contributed by atoms with E-state index in [9.17, 15) is 112 Å². The molecule has 0 bridgehead atoms. The van der Waals surface area contributed by atoms with Crippen molar-refractivity contribution in [2.45, 2.75) is 315 Å². The number of allylic oxidation sites excluding steroid dienone is 2. The Balaban J connectivity index is 0.795. The van der Waals surface area contributed by atoms with Gasteiger partial charge in [-0.3, -0.25) is 9.59 Å². The van der Waals surface area contributed by atoms with Crippen LogP contribution in [0.25, 0.3) is 0 Å². The van der Waals surface area contributed by atoms with Gasteiger partial charge in [0.1, 0.15) is 146 Å². The van der Waals surface area contributed by atoms with Crippen LogP contribution in [-0.4, -0.2) is 368 Å². The second kappa shape index (κ2) is 31.3. The van der Waals surface area contributed by atoms with Crippen LogP contribution in [0, 0.1) is 50.2 Å². The second-order valence-electron chi connectivity index (χ2n) is 33.3. The number of carbonyl (C=O) groups excluding carboxylic acids is 1. The third kappa shape index (κ3) is 14.2. The lowest BCUT2D eigenvalue weighted by Gasteiger charge is -2.71. The fraction of sp³-hybridized carbons (Fsp3) is 0.942. The van der Waals surface area contributed by atoms with Gasteiger partial charge in [-0.1, -0.05) is 46.3 Å². The second-order valence-corrected chi connectivity index (χ2v) is 33.3. The Morgan fingerprint density at radius 3 is 1.44 bits per heavy atom. The Morgan fingerprint density at radius 2 is 0.896 bits per heavy atom. The number of esters is 1. The minimum Gasteiger partial charge on any atom is -0.481 e. The summed E-state index contributed by atoms with van der Waals surface area (Å²) in [5.74, 6) is -3.75. The van der Waals surface area contributed by atoms with Crippen LogP contribution >= 0.6 is 0 Å². The molecule has 0 amide bonds. The molecule has 4 saturated carbocycles. The van der Waals surface area contributed by atoms with E-state index in [4.69, 9.17) is 66.3 Å². The molecule has 7 heterocycles. The summed E-state index contributed by atoms with van der Waals surface area (Å²) in [4.78, 5) is 30.1. The van der Waals surface area contributed by atoms with Gasteiger partial charge in [-0.15, -0.1) is 0 Å². The van der Waals surface area contributed by atoms with Crippen molar-refractivity contribution >= 4 is 11.9 Å². The number of rotatable bonds is 18. The average Bonchev–Trinajstić information content (AvgIpc) is 0.670. The number of aliphatic carboxylic acids is 1. The molecule has 37 nitrogen and oxygen atoms in total. The van der Waals surface area contributed by atoms with Crippen molar-refractivity contribution in [1.29, 1.82) is 0 Å². The molecule has 21 N–H and O–H groups in total. The first-order chi connectivity index (χ1) is 49.8. The summed E-state index contributed by atoms with van der Waals surface area (Å²) in [7, 11) is 0. The number of aliphatic hydroxyl groups excluding tert-OH is 20. The lowest BCUT2D eigenvalue weighted by molar-refractivity contribution is -0.400. The van der Waals surface area contributed by atoms with Gasteiger partial charge in [0.25, 0.3) is 0 Å². The Kier molecular flexibility index (Phi) is 24.4. The molecular weight excluding hydrogens is 1420 g/mol. The van der Waals surface area contributed by atoms with Crippen molar-refractivity contribution in [3.8, 4) is 0 Å². The molecule has 5 aliphatic carbocycles. The normalized spacial score (nSPS) is 54.7. The van der Waals surface area contributed by atoms with Crippen molar-refractivity contribution < 1.29 is 183 Å².